The minimum Gasteiger partial charge on any atom is -0.423 e. The first kappa shape index (κ1) is 15.1. The molecule has 7 heteroatoms. The first-order valence-electron chi connectivity index (χ1n) is 7.03. The monoisotopic (exact) mass is 307 g/mol. The van der Waals surface area contributed by atoms with Crippen molar-refractivity contribution >= 4 is 29.3 Å². The zero-order valence-corrected chi connectivity index (χ0v) is 12.4. The summed E-state index contributed by atoms with van der Waals surface area (Å²) in [6.45, 7) is 0. The van der Waals surface area contributed by atoms with Crippen LogP contribution in [0.25, 0.3) is 22.0 Å². The molecule has 0 atom stereocenters. The third-order valence-electron chi connectivity index (χ3n) is 3.60. The lowest BCUT2D eigenvalue weighted by molar-refractivity contribution is 0.0958. The number of carbonyl (C=O) groups is 1. The second-order valence-corrected chi connectivity index (χ2v) is 5.02. The second-order valence-electron chi connectivity index (χ2n) is 5.02. The molecule has 23 heavy (non-hydrogen) atoms. The van der Waals surface area contributed by atoms with Gasteiger partial charge in [0.2, 0.25) is 0 Å². The Hall–Kier alpha value is -2.77. The zero-order chi connectivity index (χ0) is 16.4. The Morgan fingerprint density at radius 2 is 1.96 bits per heavy atom. The van der Waals surface area contributed by atoms with Gasteiger partial charge in [-0.3, -0.25) is 14.8 Å². The highest BCUT2D eigenvalue weighted by atomic mass is 16.4. The first-order valence-corrected chi connectivity index (χ1v) is 7.03. The van der Waals surface area contributed by atoms with Gasteiger partial charge in [-0.05, 0) is 34.4 Å². The normalized spacial score (nSPS) is 10.6. The van der Waals surface area contributed by atoms with Gasteiger partial charge in [-0.15, -0.1) is 0 Å². The molecule has 3 aromatic rings. The van der Waals surface area contributed by atoms with Gasteiger partial charge in [-0.1, -0.05) is 18.2 Å². The van der Waals surface area contributed by atoms with E-state index in [-0.39, 0.29) is 5.91 Å². The summed E-state index contributed by atoms with van der Waals surface area (Å²) in [5, 5.41) is 22.8. The van der Waals surface area contributed by atoms with Crippen LogP contribution in [0.2, 0.25) is 0 Å². The molecule has 3 N–H and O–H groups in total. The van der Waals surface area contributed by atoms with E-state index in [1.54, 1.807) is 43.7 Å². The summed E-state index contributed by atoms with van der Waals surface area (Å²) in [5.74, 6) is -0.246. The fraction of sp³-hybridized carbons (Fsp3) is 0.0625. The van der Waals surface area contributed by atoms with Crippen molar-refractivity contribution in [2.45, 2.75) is 0 Å². The summed E-state index contributed by atoms with van der Waals surface area (Å²) in [6, 6.07) is 10.5. The SMILES string of the molecule is CNC(=O)c1ccc(-c2cc3cccc(B(O)O)c3cn2)cn1. The molecule has 1 aromatic carbocycles. The van der Waals surface area contributed by atoms with E-state index in [2.05, 4.69) is 15.3 Å². The smallest absolute Gasteiger partial charge is 0.423 e. The number of aromatic nitrogens is 2. The van der Waals surface area contributed by atoms with Crippen LogP contribution in [-0.2, 0) is 0 Å². The number of benzene rings is 1. The van der Waals surface area contributed by atoms with Crippen molar-refractivity contribution in [2.24, 2.45) is 0 Å². The van der Waals surface area contributed by atoms with Gasteiger partial charge in [0.15, 0.2) is 0 Å². The molecule has 0 radical (unpaired) electrons. The van der Waals surface area contributed by atoms with Gasteiger partial charge in [0.1, 0.15) is 5.69 Å². The van der Waals surface area contributed by atoms with E-state index in [1.807, 2.05) is 12.1 Å². The summed E-state index contributed by atoms with van der Waals surface area (Å²) in [4.78, 5) is 20.0. The maximum Gasteiger partial charge on any atom is 0.489 e. The van der Waals surface area contributed by atoms with Crippen LogP contribution < -0.4 is 10.8 Å². The van der Waals surface area contributed by atoms with E-state index in [0.29, 0.717) is 22.2 Å². The highest BCUT2D eigenvalue weighted by molar-refractivity contribution is 6.61. The Morgan fingerprint density at radius 1 is 1.13 bits per heavy atom. The van der Waals surface area contributed by atoms with Crippen molar-refractivity contribution in [1.29, 1.82) is 0 Å². The fourth-order valence-electron chi connectivity index (χ4n) is 2.39. The number of amides is 1. The Kier molecular flexibility index (Phi) is 4.05. The van der Waals surface area contributed by atoms with Crippen LogP contribution in [0.4, 0.5) is 0 Å². The third kappa shape index (κ3) is 2.92. The largest absolute Gasteiger partial charge is 0.489 e. The molecule has 0 saturated carbocycles. The van der Waals surface area contributed by atoms with Crippen molar-refractivity contribution in [2.75, 3.05) is 7.05 Å². The first-order chi connectivity index (χ1) is 11.1. The highest BCUT2D eigenvalue weighted by Gasteiger charge is 2.15. The minimum absolute atomic E-state index is 0.246. The van der Waals surface area contributed by atoms with Crippen LogP contribution in [0.5, 0.6) is 0 Å². The van der Waals surface area contributed by atoms with Gasteiger partial charge >= 0.3 is 7.12 Å². The van der Waals surface area contributed by atoms with Crippen molar-refractivity contribution < 1.29 is 14.8 Å². The third-order valence-corrected chi connectivity index (χ3v) is 3.60. The van der Waals surface area contributed by atoms with Crippen LogP contribution in [0.15, 0.2) is 48.8 Å². The van der Waals surface area contributed by atoms with E-state index in [1.165, 1.54) is 0 Å². The lowest BCUT2D eigenvalue weighted by Crippen LogP contribution is -2.30. The second kappa shape index (κ2) is 6.16. The highest BCUT2D eigenvalue weighted by Crippen LogP contribution is 2.21. The van der Waals surface area contributed by atoms with E-state index < -0.39 is 7.12 Å². The van der Waals surface area contributed by atoms with Crippen LogP contribution in [-0.4, -0.2) is 40.1 Å². The van der Waals surface area contributed by atoms with Crippen LogP contribution >= 0.6 is 0 Å². The minimum atomic E-state index is -1.54. The summed E-state index contributed by atoms with van der Waals surface area (Å²) in [7, 11) is 0.00977. The Balaban J connectivity index is 2.02. The molecule has 0 fully saturated rings. The molecule has 0 bridgehead atoms. The number of hydrogen-bond acceptors (Lipinski definition) is 5. The van der Waals surface area contributed by atoms with Gasteiger partial charge in [0.25, 0.3) is 5.91 Å². The lowest BCUT2D eigenvalue weighted by Gasteiger charge is -2.07. The van der Waals surface area contributed by atoms with Gasteiger partial charge in [0, 0.05) is 25.0 Å². The average Bonchev–Trinajstić information content (AvgIpc) is 2.60. The predicted molar refractivity (Wildman–Crippen MR) is 88.2 cm³/mol. The summed E-state index contributed by atoms with van der Waals surface area (Å²) >= 11 is 0. The van der Waals surface area contributed by atoms with Crippen LogP contribution in [0.1, 0.15) is 10.5 Å². The Bertz CT molecular complexity index is 866. The quantitative estimate of drug-likeness (QED) is 0.606. The Labute approximate surface area is 133 Å². The number of fused-ring (bicyclic) bond motifs is 1. The molecule has 2 aromatic heterocycles. The number of rotatable bonds is 3. The standard InChI is InChI=1S/C16H14BN3O3/c1-18-16(21)14-6-5-11(8-19-14)15-7-10-3-2-4-13(17(22)23)12(10)9-20-15/h2-9,22-23H,1H3,(H,18,21). The van der Waals surface area contributed by atoms with Gasteiger partial charge in [0.05, 0.1) is 5.69 Å². The number of hydrogen-bond donors (Lipinski definition) is 3. The summed E-state index contributed by atoms with van der Waals surface area (Å²) in [6.07, 6.45) is 3.19. The predicted octanol–water partition coefficient (Wildman–Crippen LogP) is 0.336. The average molecular weight is 307 g/mol. The summed E-state index contributed by atoms with van der Waals surface area (Å²) < 4.78 is 0. The topological polar surface area (TPSA) is 95.3 Å². The number of nitrogens with zero attached hydrogens (tertiary/aromatic N) is 2. The molecule has 0 unspecified atom stereocenters. The molecule has 2 heterocycles. The van der Waals surface area contributed by atoms with Gasteiger partial charge in [-0.2, -0.15) is 0 Å². The molecule has 0 spiro atoms. The molecule has 1 amide bonds. The Morgan fingerprint density at radius 3 is 2.61 bits per heavy atom. The molecular formula is C16H14BN3O3. The maximum absolute atomic E-state index is 11.5. The molecule has 3 rings (SSSR count). The summed E-state index contributed by atoms with van der Waals surface area (Å²) in [5.41, 5.74) is 2.21. The molecule has 6 nitrogen and oxygen atoms in total. The van der Waals surface area contributed by atoms with E-state index in [0.717, 1.165) is 10.9 Å². The van der Waals surface area contributed by atoms with E-state index >= 15 is 0 Å². The molecule has 0 aliphatic heterocycles. The van der Waals surface area contributed by atoms with Crippen LogP contribution in [0, 0.1) is 0 Å². The van der Waals surface area contributed by atoms with Gasteiger partial charge in [-0.25, -0.2) is 0 Å². The fourth-order valence-corrected chi connectivity index (χ4v) is 2.39. The van der Waals surface area contributed by atoms with E-state index in [9.17, 15) is 14.8 Å². The van der Waals surface area contributed by atoms with Crippen LogP contribution in [0.3, 0.4) is 0 Å². The lowest BCUT2D eigenvalue weighted by atomic mass is 9.77. The molecule has 114 valence electrons. The van der Waals surface area contributed by atoms with Gasteiger partial charge < -0.3 is 15.4 Å². The zero-order valence-electron chi connectivity index (χ0n) is 12.4. The molecule has 0 aliphatic rings. The number of pyridine rings is 2. The van der Waals surface area contributed by atoms with Crippen molar-refractivity contribution in [3.8, 4) is 11.3 Å². The van der Waals surface area contributed by atoms with Crippen molar-refractivity contribution in [1.82, 2.24) is 15.3 Å². The number of nitrogens with one attached hydrogen (secondary N) is 1. The molecule has 0 aliphatic carbocycles. The molecule has 0 saturated heterocycles. The molecular weight excluding hydrogens is 293 g/mol. The maximum atomic E-state index is 11.5. The number of carbonyl (C=O) groups excluding carboxylic acids is 1. The van der Waals surface area contributed by atoms with E-state index in [4.69, 9.17) is 0 Å². The van der Waals surface area contributed by atoms with Crippen molar-refractivity contribution in [3.63, 3.8) is 0 Å². The van der Waals surface area contributed by atoms with Crippen molar-refractivity contribution in [3.05, 3.63) is 54.5 Å².